The van der Waals surface area contributed by atoms with Crippen LogP contribution in [0.5, 0.6) is 0 Å². The van der Waals surface area contributed by atoms with Crippen LogP contribution in [-0.4, -0.2) is 98.6 Å². The lowest BCUT2D eigenvalue weighted by Gasteiger charge is -2.41. The SMILES string of the molecule is COC(=O)N1CCN(C2CCC(Nc3nc(Nc4cnn([C@H]5CCOC5)c4)nc4snc(C)c34)CC2)CC1. The van der Waals surface area contributed by atoms with E-state index in [4.69, 9.17) is 19.4 Å². The zero-order chi connectivity index (χ0) is 26.1. The van der Waals surface area contributed by atoms with Gasteiger partial charge in [0.25, 0.3) is 0 Å². The highest BCUT2D eigenvalue weighted by atomic mass is 32.1. The Hall–Kier alpha value is -3.03. The van der Waals surface area contributed by atoms with Crippen LogP contribution in [0.1, 0.15) is 43.8 Å². The van der Waals surface area contributed by atoms with Crippen molar-refractivity contribution in [1.29, 1.82) is 0 Å². The predicted molar refractivity (Wildman–Crippen MR) is 145 cm³/mol. The van der Waals surface area contributed by atoms with Gasteiger partial charge in [-0.15, -0.1) is 0 Å². The average Bonchev–Trinajstić information content (AvgIpc) is 3.71. The number of amides is 1. The number of carbonyl (C=O) groups is 1. The van der Waals surface area contributed by atoms with Gasteiger partial charge < -0.3 is 25.0 Å². The molecule has 1 aliphatic carbocycles. The van der Waals surface area contributed by atoms with E-state index in [-0.39, 0.29) is 12.1 Å². The number of rotatable bonds is 6. The lowest BCUT2D eigenvalue weighted by molar-refractivity contribution is 0.0642. The Balaban J connectivity index is 1.10. The van der Waals surface area contributed by atoms with Gasteiger partial charge in [0.05, 0.1) is 42.7 Å². The van der Waals surface area contributed by atoms with Crippen LogP contribution in [0, 0.1) is 6.92 Å². The van der Waals surface area contributed by atoms with Gasteiger partial charge >= 0.3 is 6.09 Å². The minimum atomic E-state index is -0.224. The van der Waals surface area contributed by atoms with Crippen molar-refractivity contribution in [1.82, 2.24) is 33.9 Å². The van der Waals surface area contributed by atoms with Crippen molar-refractivity contribution in [3.63, 3.8) is 0 Å². The Labute approximate surface area is 225 Å². The molecule has 3 aliphatic rings. The van der Waals surface area contributed by atoms with Gasteiger partial charge in [-0.3, -0.25) is 9.58 Å². The summed E-state index contributed by atoms with van der Waals surface area (Å²) in [4.78, 5) is 26.6. The molecule has 3 aromatic heterocycles. The number of ether oxygens (including phenoxy) is 2. The molecule has 1 saturated carbocycles. The molecule has 12 nitrogen and oxygen atoms in total. The average molecular weight is 542 g/mol. The number of carbonyl (C=O) groups excluding carboxylic acids is 1. The van der Waals surface area contributed by atoms with Gasteiger partial charge in [0.1, 0.15) is 5.82 Å². The van der Waals surface area contributed by atoms with Crippen LogP contribution in [0.15, 0.2) is 12.4 Å². The molecule has 13 heteroatoms. The Morgan fingerprint density at radius 2 is 1.92 bits per heavy atom. The number of nitrogens with one attached hydrogen (secondary N) is 2. The van der Waals surface area contributed by atoms with Crippen LogP contribution in [0.3, 0.4) is 0 Å². The van der Waals surface area contributed by atoms with Crippen molar-refractivity contribution in [2.24, 2.45) is 0 Å². The standard InChI is InChI=1S/C25H35N9O3S/c1-16-21-22(27-17-3-5-19(6-4-17)32-8-10-33(11-9-32)25(35)36-2)29-24(30-23(21)38-31-16)28-18-13-26-34(14-18)20-7-12-37-15-20/h13-14,17,19-20H,3-12,15H2,1-2H3,(H2,27,28,29,30)/t17?,19?,20-/m0/s1. The quantitative estimate of drug-likeness (QED) is 0.480. The summed E-state index contributed by atoms with van der Waals surface area (Å²) in [6, 6.07) is 1.18. The van der Waals surface area contributed by atoms with E-state index in [9.17, 15) is 4.79 Å². The van der Waals surface area contributed by atoms with Gasteiger partial charge in [0, 0.05) is 51.1 Å². The first-order valence-electron chi connectivity index (χ1n) is 13.4. The molecule has 0 radical (unpaired) electrons. The number of nitrogens with zero attached hydrogens (tertiary/aromatic N) is 7. The third kappa shape index (κ3) is 5.27. The van der Waals surface area contributed by atoms with E-state index in [1.165, 1.54) is 18.6 Å². The van der Waals surface area contributed by atoms with Crippen LogP contribution in [0.2, 0.25) is 0 Å². The van der Waals surface area contributed by atoms with Gasteiger partial charge in [-0.1, -0.05) is 0 Å². The molecule has 5 heterocycles. The number of piperazine rings is 1. The molecule has 2 saturated heterocycles. The van der Waals surface area contributed by atoms with Gasteiger partial charge in [-0.25, -0.2) is 4.79 Å². The minimum absolute atomic E-state index is 0.224. The third-order valence-corrected chi connectivity index (χ3v) is 8.78. The van der Waals surface area contributed by atoms with Crippen LogP contribution >= 0.6 is 11.5 Å². The van der Waals surface area contributed by atoms with Gasteiger partial charge in [0.2, 0.25) is 5.95 Å². The van der Waals surface area contributed by atoms with E-state index >= 15 is 0 Å². The fourth-order valence-electron chi connectivity index (χ4n) is 5.79. The number of aromatic nitrogens is 5. The molecular formula is C25H35N9O3S. The van der Waals surface area contributed by atoms with Gasteiger partial charge in [-0.2, -0.15) is 19.4 Å². The number of hydrogen-bond donors (Lipinski definition) is 2. The fraction of sp³-hybridized carbons (Fsp3) is 0.640. The molecule has 204 valence electrons. The van der Waals surface area contributed by atoms with Crippen molar-refractivity contribution >= 4 is 45.3 Å². The van der Waals surface area contributed by atoms with Gasteiger partial charge in [0.15, 0.2) is 4.83 Å². The van der Waals surface area contributed by atoms with Crippen molar-refractivity contribution in [3.8, 4) is 0 Å². The molecule has 2 N–H and O–H groups in total. The normalized spacial score (nSPS) is 24.6. The van der Waals surface area contributed by atoms with Crippen LogP contribution in [0.4, 0.5) is 22.2 Å². The van der Waals surface area contributed by atoms with E-state index in [1.54, 1.807) is 4.90 Å². The summed E-state index contributed by atoms with van der Waals surface area (Å²) in [5.41, 5.74) is 1.81. The summed E-state index contributed by atoms with van der Waals surface area (Å²) in [7, 11) is 1.45. The molecule has 0 bridgehead atoms. The van der Waals surface area contributed by atoms with E-state index in [0.717, 1.165) is 92.3 Å². The zero-order valence-electron chi connectivity index (χ0n) is 21.9. The second-order valence-corrected chi connectivity index (χ2v) is 11.1. The number of aryl methyl sites for hydroxylation is 1. The summed E-state index contributed by atoms with van der Waals surface area (Å²) in [5, 5.41) is 12.6. The van der Waals surface area contributed by atoms with E-state index in [0.29, 0.717) is 24.6 Å². The monoisotopic (exact) mass is 541 g/mol. The summed E-state index contributed by atoms with van der Waals surface area (Å²) in [6.07, 6.45) is 8.95. The number of anilines is 3. The van der Waals surface area contributed by atoms with Gasteiger partial charge in [-0.05, 0) is 50.6 Å². The second-order valence-electron chi connectivity index (χ2n) is 10.3. The Bertz CT molecular complexity index is 1260. The first-order chi connectivity index (χ1) is 18.6. The second kappa shape index (κ2) is 11.0. The molecular weight excluding hydrogens is 506 g/mol. The zero-order valence-corrected chi connectivity index (χ0v) is 22.7. The number of fused-ring (bicyclic) bond motifs is 1. The molecule has 2 aliphatic heterocycles. The highest BCUT2D eigenvalue weighted by Crippen LogP contribution is 2.32. The van der Waals surface area contributed by atoms with E-state index < -0.39 is 0 Å². The lowest BCUT2D eigenvalue weighted by Crippen LogP contribution is -2.53. The first-order valence-corrected chi connectivity index (χ1v) is 14.2. The summed E-state index contributed by atoms with van der Waals surface area (Å²) < 4.78 is 16.9. The highest BCUT2D eigenvalue weighted by molar-refractivity contribution is 7.13. The van der Waals surface area contributed by atoms with Crippen LogP contribution in [-0.2, 0) is 9.47 Å². The topological polar surface area (TPSA) is 123 Å². The van der Waals surface area contributed by atoms with Crippen molar-refractivity contribution in [2.75, 3.05) is 57.1 Å². The Morgan fingerprint density at radius 1 is 1.11 bits per heavy atom. The lowest BCUT2D eigenvalue weighted by atomic mass is 9.89. The van der Waals surface area contributed by atoms with Crippen LogP contribution in [0.25, 0.3) is 10.2 Å². The first kappa shape index (κ1) is 25.3. The number of methoxy groups -OCH3 is 1. The molecule has 38 heavy (non-hydrogen) atoms. The maximum atomic E-state index is 11.8. The highest BCUT2D eigenvalue weighted by Gasteiger charge is 2.30. The summed E-state index contributed by atoms with van der Waals surface area (Å²) >= 11 is 1.40. The molecule has 0 aromatic carbocycles. The van der Waals surface area contributed by atoms with E-state index in [1.807, 2.05) is 24.0 Å². The molecule has 0 spiro atoms. The maximum Gasteiger partial charge on any atom is 0.409 e. The molecule has 0 unspecified atom stereocenters. The van der Waals surface area contributed by atoms with E-state index in [2.05, 4.69) is 25.0 Å². The molecule has 1 atom stereocenters. The Morgan fingerprint density at radius 3 is 2.66 bits per heavy atom. The molecule has 3 fully saturated rings. The predicted octanol–water partition coefficient (Wildman–Crippen LogP) is 3.40. The number of hydrogen-bond acceptors (Lipinski definition) is 11. The maximum absolute atomic E-state index is 11.8. The Kier molecular flexibility index (Phi) is 7.30. The molecule has 1 amide bonds. The van der Waals surface area contributed by atoms with Crippen molar-refractivity contribution < 1.29 is 14.3 Å². The molecule has 6 rings (SSSR count). The third-order valence-electron chi connectivity index (χ3n) is 7.95. The summed E-state index contributed by atoms with van der Waals surface area (Å²) in [6.45, 7) is 6.77. The summed E-state index contributed by atoms with van der Waals surface area (Å²) in [5.74, 6) is 1.39. The largest absolute Gasteiger partial charge is 0.453 e. The van der Waals surface area contributed by atoms with Crippen molar-refractivity contribution in [2.45, 2.75) is 57.2 Å². The van der Waals surface area contributed by atoms with Crippen molar-refractivity contribution in [3.05, 3.63) is 18.1 Å². The van der Waals surface area contributed by atoms with Crippen LogP contribution < -0.4 is 10.6 Å². The molecule has 3 aromatic rings. The smallest absolute Gasteiger partial charge is 0.409 e. The minimum Gasteiger partial charge on any atom is -0.453 e. The fourth-order valence-corrected chi connectivity index (χ4v) is 6.57.